The van der Waals surface area contributed by atoms with Gasteiger partial charge in [0.1, 0.15) is 6.26 Å². The van der Waals surface area contributed by atoms with Gasteiger partial charge in [0, 0.05) is 18.7 Å². The van der Waals surface area contributed by atoms with E-state index in [0.29, 0.717) is 11.6 Å². The predicted octanol–water partition coefficient (Wildman–Crippen LogP) is 2.59. The molecular formula is C16H20ClN3O2. The number of amides is 1. The summed E-state index contributed by atoms with van der Waals surface area (Å²) in [6.45, 7) is 1.91. The number of nitrogens with one attached hydrogen (secondary N) is 1. The number of oxazole rings is 1. The van der Waals surface area contributed by atoms with Gasteiger partial charge in [0.05, 0.1) is 0 Å². The zero-order valence-electron chi connectivity index (χ0n) is 12.5. The number of piperidine rings is 1. The normalized spacial score (nSPS) is 15.1. The van der Waals surface area contributed by atoms with E-state index in [0.717, 1.165) is 31.5 Å². The number of rotatable bonds is 3. The van der Waals surface area contributed by atoms with Gasteiger partial charge in [-0.25, -0.2) is 4.98 Å². The van der Waals surface area contributed by atoms with Crippen molar-refractivity contribution in [3.63, 3.8) is 0 Å². The molecule has 0 bridgehead atoms. The van der Waals surface area contributed by atoms with Crippen LogP contribution in [0.1, 0.15) is 23.3 Å². The third kappa shape index (κ3) is 3.48. The number of hydrogen-bond donors (Lipinski definition) is 1. The molecule has 1 fully saturated rings. The minimum absolute atomic E-state index is 0. The van der Waals surface area contributed by atoms with Crippen LogP contribution in [-0.4, -0.2) is 42.0 Å². The molecule has 0 aliphatic carbocycles. The summed E-state index contributed by atoms with van der Waals surface area (Å²) >= 11 is 0. The minimum atomic E-state index is -0.0761. The third-order valence-corrected chi connectivity index (χ3v) is 3.92. The zero-order chi connectivity index (χ0) is 14.7. The Labute approximate surface area is 136 Å². The quantitative estimate of drug-likeness (QED) is 0.944. The highest BCUT2D eigenvalue weighted by atomic mass is 35.5. The molecule has 3 rings (SSSR count). The second kappa shape index (κ2) is 7.42. The molecule has 22 heavy (non-hydrogen) atoms. The Morgan fingerprint density at radius 1 is 1.27 bits per heavy atom. The van der Waals surface area contributed by atoms with Crippen molar-refractivity contribution in [2.45, 2.75) is 18.9 Å². The van der Waals surface area contributed by atoms with E-state index < -0.39 is 0 Å². The molecule has 1 N–H and O–H groups in total. The SMILES string of the molecule is CN(C(=O)c1coc(-c2ccccc2)n1)C1CCNCC1.Cl. The van der Waals surface area contributed by atoms with Crippen molar-refractivity contribution in [1.29, 1.82) is 0 Å². The van der Waals surface area contributed by atoms with Gasteiger partial charge in [-0.1, -0.05) is 18.2 Å². The van der Waals surface area contributed by atoms with Crippen LogP contribution in [0.15, 0.2) is 41.0 Å². The summed E-state index contributed by atoms with van der Waals surface area (Å²) in [5.41, 5.74) is 1.25. The van der Waals surface area contributed by atoms with Crippen LogP contribution in [0.3, 0.4) is 0 Å². The number of halogens is 1. The largest absolute Gasteiger partial charge is 0.444 e. The number of aromatic nitrogens is 1. The van der Waals surface area contributed by atoms with Crippen molar-refractivity contribution in [3.8, 4) is 11.5 Å². The number of benzene rings is 1. The van der Waals surface area contributed by atoms with Crippen LogP contribution >= 0.6 is 12.4 Å². The molecular weight excluding hydrogens is 302 g/mol. The maximum Gasteiger partial charge on any atom is 0.275 e. The van der Waals surface area contributed by atoms with Crippen LogP contribution in [0, 0.1) is 0 Å². The molecule has 0 spiro atoms. The van der Waals surface area contributed by atoms with Gasteiger partial charge in [0.2, 0.25) is 5.89 Å². The highest BCUT2D eigenvalue weighted by Gasteiger charge is 2.25. The average Bonchev–Trinajstić information content (AvgIpc) is 3.05. The van der Waals surface area contributed by atoms with Crippen molar-refractivity contribution < 1.29 is 9.21 Å². The molecule has 2 heterocycles. The van der Waals surface area contributed by atoms with Crippen molar-refractivity contribution >= 4 is 18.3 Å². The molecule has 1 amide bonds. The lowest BCUT2D eigenvalue weighted by Gasteiger charge is -2.31. The average molecular weight is 322 g/mol. The zero-order valence-corrected chi connectivity index (χ0v) is 13.3. The van der Waals surface area contributed by atoms with Crippen molar-refractivity contribution in [2.75, 3.05) is 20.1 Å². The van der Waals surface area contributed by atoms with Gasteiger partial charge in [-0.3, -0.25) is 4.79 Å². The molecule has 1 aromatic heterocycles. The summed E-state index contributed by atoms with van der Waals surface area (Å²) in [4.78, 5) is 18.6. The van der Waals surface area contributed by atoms with Crippen molar-refractivity contribution in [2.24, 2.45) is 0 Å². The summed E-state index contributed by atoms with van der Waals surface area (Å²) in [5.74, 6) is 0.408. The van der Waals surface area contributed by atoms with Crippen LogP contribution in [-0.2, 0) is 0 Å². The Morgan fingerprint density at radius 3 is 2.64 bits per heavy atom. The van der Waals surface area contributed by atoms with Gasteiger partial charge in [-0.15, -0.1) is 12.4 Å². The highest BCUT2D eigenvalue weighted by molar-refractivity contribution is 5.92. The predicted molar refractivity (Wildman–Crippen MR) is 87.2 cm³/mol. The maximum absolute atomic E-state index is 12.5. The number of carbonyl (C=O) groups is 1. The summed E-state index contributed by atoms with van der Waals surface area (Å²) in [6, 6.07) is 9.87. The van der Waals surface area contributed by atoms with Gasteiger partial charge in [-0.05, 0) is 38.1 Å². The van der Waals surface area contributed by atoms with Gasteiger partial charge in [0.15, 0.2) is 5.69 Å². The Morgan fingerprint density at radius 2 is 1.95 bits per heavy atom. The van der Waals surface area contributed by atoms with E-state index in [1.165, 1.54) is 6.26 Å². The summed E-state index contributed by atoms with van der Waals surface area (Å²) in [7, 11) is 1.84. The van der Waals surface area contributed by atoms with E-state index in [1.807, 2.05) is 37.4 Å². The lowest BCUT2D eigenvalue weighted by molar-refractivity contribution is 0.0697. The van der Waals surface area contributed by atoms with Crippen LogP contribution in [0.4, 0.5) is 0 Å². The fourth-order valence-electron chi connectivity index (χ4n) is 2.63. The first kappa shape index (κ1) is 16.5. The van der Waals surface area contributed by atoms with E-state index in [1.54, 1.807) is 4.90 Å². The smallest absolute Gasteiger partial charge is 0.275 e. The Hall–Kier alpha value is -1.85. The van der Waals surface area contributed by atoms with Gasteiger partial charge in [0.25, 0.3) is 5.91 Å². The van der Waals surface area contributed by atoms with Crippen molar-refractivity contribution in [3.05, 3.63) is 42.3 Å². The number of nitrogens with zero attached hydrogens (tertiary/aromatic N) is 2. The summed E-state index contributed by atoms with van der Waals surface area (Å²) < 4.78 is 5.44. The summed E-state index contributed by atoms with van der Waals surface area (Å²) in [6.07, 6.45) is 3.40. The van der Waals surface area contributed by atoms with Crippen LogP contribution in [0.2, 0.25) is 0 Å². The Bertz CT molecular complexity index is 609. The first-order valence-corrected chi connectivity index (χ1v) is 7.24. The van der Waals surface area contributed by atoms with E-state index in [4.69, 9.17) is 4.42 Å². The van der Waals surface area contributed by atoms with E-state index in [2.05, 4.69) is 10.3 Å². The van der Waals surface area contributed by atoms with Gasteiger partial charge < -0.3 is 14.6 Å². The van der Waals surface area contributed by atoms with Crippen LogP contribution < -0.4 is 5.32 Å². The topological polar surface area (TPSA) is 58.4 Å². The van der Waals surface area contributed by atoms with E-state index in [-0.39, 0.29) is 24.4 Å². The molecule has 1 aliphatic heterocycles. The molecule has 0 unspecified atom stereocenters. The van der Waals surface area contributed by atoms with Crippen molar-refractivity contribution in [1.82, 2.24) is 15.2 Å². The second-order valence-electron chi connectivity index (χ2n) is 5.30. The molecule has 0 saturated carbocycles. The van der Waals surface area contributed by atoms with Gasteiger partial charge >= 0.3 is 0 Å². The van der Waals surface area contributed by atoms with E-state index in [9.17, 15) is 4.79 Å². The maximum atomic E-state index is 12.5. The molecule has 6 heteroatoms. The fraction of sp³-hybridized carbons (Fsp3) is 0.375. The monoisotopic (exact) mass is 321 g/mol. The molecule has 1 aromatic carbocycles. The number of hydrogen-bond acceptors (Lipinski definition) is 4. The second-order valence-corrected chi connectivity index (χ2v) is 5.30. The van der Waals surface area contributed by atoms with Gasteiger partial charge in [-0.2, -0.15) is 0 Å². The first-order chi connectivity index (χ1) is 10.3. The molecule has 1 saturated heterocycles. The van der Waals surface area contributed by atoms with E-state index >= 15 is 0 Å². The van der Waals surface area contributed by atoms with Crippen LogP contribution in [0.25, 0.3) is 11.5 Å². The molecule has 118 valence electrons. The molecule has 2 aromatic rings. The summed E-state index contributed by atoms with van der Waals surface area (Å²) in [5, 5.41) is 3.30. The molecule has 0 atom stereocenters. The lowest BCUT2D eigenvalue weighted by atomic mass is 10.1. The lowest BCUT2D eigenvalue weighted by Crippen LogP contribution is -2.44. The molecule has 5 nitrogen and oxygen atoms in total. The number of carbonyl (C=O) groups excluding carboxylic acids is 1. The Balaban J connectivity index is 0.00000176. The fourth-order valence-corrected chi connectivity index (χ4v) is 2.63. The molecule has 1 aliphatic rings. The molecule has 0 radical (unpaired) electrons. The van der Waals surface area contributed by atoms with Crippen LogP contribution in [0.5, 0.6) is 0 Å². The highest BCUT2D eigenvalue weighted by Crippen LogP contribution is 2.20. The minimum Gasteiger partial charge on any atom is -0.444 e. The Kier molecular flexibility index (Phi) is 5.57. The standard InChI is InChI=1S/C16H19N3O2.ClH/c1-19(13-7-9-17-10-8-13)16(20)14-11-21-15(18-14)12-5-3-2-4-6-12;/h2-6,11,13,17H,7-10H2,1H3;1H. The first-order valence-electron chi connectivity index (χ1n) is 7.24. The third-order valence-electron chi connectivity index (χ3n) is 3.92.